The lowest BCUT2D eigenvalue weighted by Crippen LogP contribution is -1.99. The van der Waals surface area contributed by atoms with Crippen LogP contribution in [0, 0.1) is 6.92 Å². The van der Waals surface area contributed by atoms with E-state index in [0.717, 1.165) is 34.5 Å². The molecule has 0 aliphatic heterocycles. The molecule has 4 aromatic rings. The van der Waals surface area contributed by atoms with E-state index in [1.807, 2.05) is 54.1 Å². The molecule has 0 amide bonds. The molecule has 0 bridgehead atoms. The van der Waals surface area contributed by atoms with E-state index in [-0.39, 0.29) is 0 Å². The number of nitrogens with zero attached hydrogens (tertiary/aromatic N) is 4. The third-order valence-corrected chi connectivity index (χ3v) is 3.87. The van der Waals surface area contributed by atoms with Crippen LogP contribution in [-0.4, -0.2) is 25.4 Å². The minimum absolute atomic E-state index is 0.634. The van der Waals surface area contributed by atoms with Crippen LogP contribution in [0.2, 0.25) is 0 Å². The van der Waals surface area contributed by atoms with Crippen LogP contribution in [0.5, 0.6) is 0 Å². The van der Waals surface area contributed by atoms with Crippen molar-refractivity contribution in [3.05, 3.63) is 72.6 Å². The Morgan fingerprint density at radius 1 is 1.09 bits per heavy atom. The van der Waals surface area contributed by atoms with Gasteiger partial charge in [0.15, 0.2) is 0 Å². The third-order valence-electron chi connectivity index (χ3n) is 3.87. The van der Waals surface area contributed by atoms with E-state index in [0.29, 0.717) is 5.56 Å². The average Bonchev–Trinajstić information content (AvgIpc) is 3.21. The summed E-state index contributed by atoms with van der Waals surface area (Å²) in [4.78, 5) is 19.6. The molecular weight excluding hydrogens is 288 g/mol. The standard InChI is InChI=1S/C18H14N4O/c1-13-20-17-9-14(11-23)5-6-18(17)22(13)16-4-2-3-15(10-16)21-8-7-19-12-21/h2-12H,1H3. The van der Waals surface area contributed by atoms with Crippen molar-refractivity contribution in [1.82, 2.24) is 19.1 Å². The van der Waals surface area contributed by atoms with Crippen molar-refractivity contribution < 1.29 is 4.79 Å². The Morgan fingerprint density at radius 2 is 1.96 bits per heavy atom. The van der Waals surface area contributed by atoms with Crippen molar-refractivity contribution in [1.29, 1.82) is 0 Å². The van der Waals surface area contributed by atoms with Crippen LogP contribution in [0.25, 0.3) is 22.4 Å². The lowest BCUT2D eigenvalue weighted by Gasteiger charge is -2.09. The Balaban J connectivity index is 1.91. The largest absolute Gasteiger partial charge is 0.306 e. The topological polar surface area (TPSA) is 52.7 Å². The van der Waals surface area contributed by atoms with Crippen LogP contribution in [0.1, 0.15) is 16.2 Å². The number of imidazole rings is 2. The molecule has 2 aromatic carbocycles. The van der Waals surface area contributed by atoms with Gasteiger partial charge < -0.3 is 4.57 Å². The molecule has 0 fully saturated rings. The van der Waals surface area contributed by atoms with Gasteiger partial charge in [0.2, 0.25) is 0 Å². The van der Waals surface area contributed by atoms with Gasteiger partial charge in [-0.3, -0.25) is 9.36 Å². The number of hydrogen-bond acceptors (Lipinski definition) is 3. The van der Waals surface area contributed by atoms with Gasteiger partial charge in [-0.2, -0.15) is 0 Å². The van der Waals surface area contributed by atoms with E-state index in [1.165, 1.54) is 0 Å². The maximum atomic E-state index is 10.9. The summed E-state index contributed by atoms with van der Waals surface area (Å²) in [6, 6.07) is 13.7. The first-order valence-electron chi connectivity index (χ1n) is 7.29. The summed E-state index contributed by atoms with van der Waals surface area (Å²) >= 11 is 0. The molecule has 4 rings (SSSR count). The van der Waals surface area contributed by atoms with E-state index in [1.54, 1.807) is 12.5 Å². The second kappa shape index (κ2) is 5.21. The summed E-state index contributed by atoms with van der Waals surface area (Å²) in [7, 11) is 0. The van der Waals surface area contributed by atoms with Crippen molar-refractivity contribution in [2.45, 2.75) is 6.92 Å². The van der Waals surface area contributed by atoms with Crippen LogP contribution in [0.15, 0.2) is 61.2 Å². The highest BCUT2D eigenvalue weighted by atomic mass is 16.1. The normalized spacial score (nSPS) is 11.0. The van der Waals surface area contributed by atoms with Gasteiger partial charge >= 0.3 is 0 Å². The van der Waals surface area contributed by atoms with Gasteiger partial charge in [0.1, 0.15) is 12.1 Å². The van der Waals surface area contributed by atoms with Gasteiger partial charge in [-0.05, 0) is 43.3 Å². The summed E-state index contributed by atoms with van der Waals surface area (Å²) in [5.74, 6) is 0.880. The molecule has 2 heterocycles. The Labute approximate surface area is 132 Å². The molecule has 0 unspecified atom stereocenters. The predicted octanol–water partition coefficient (Wildman–Crippen LogP) is 3.33. The van der Waals surface area contributed by atoms with Crippen LogP contribution in [0.3, 0.4) is 0 Å². The van der Waals surface area contributed by atoms with Gasteiger partial charge in [0.25, 0.3) is 0 Å². The molecule has 112 valence electrons. The Morgan fingerprint density at radius 3 is 2.74 bits per heavy atom. The number of benzene rings is 2. The number of fused-ring (bicyclic) bond motifs is 1. The van der Waals surface area contributed by atoms with E-state index >= 15 is 0 Å². The second-order valence-electron chi connectivity index (χ2n) is 5.35. The number of aldehydes is 1. The molecule has 0 radical (unpaired) electrons. The van der Waals surface area contributed by atoms with Crippen molar-refractivity contribution in [3.8, 4) is 11.4 Å². The van der Waals surface area contributed by atoms with Gasteiger partial charge in [-0.15, -0.1) is 0 Å². The number of rotatable bonds is 3. The van der Waals surface area contributed by atoms with Crippen LogP contribution in [-0.2, 0) is 0 Å². The van der Waals surface area contributed by atoms with Crippen molar-refractivity contribution in [3.63, 3.8) is 0 Å². The van der Waals surface area contributed by atoms with Gasteiger partial charge in [0, 0.05) is 29.3 Å². The highest BCUT2D eigenvalue weighted by molar-refractivity contribution is 5.86. The summed E-state index contributed by atoms with van der Waals surface area (Å²) in [6.45, 7) is 1.96. The lowest BCUT2D eigenvalue weighted by atomic mass is 10.2. The zero-order valence-corrected chi connectivity index (χ0v) is 12.5. The van der Waals surface area contributed by atoms with Gasteiger partial charge in [-0.25, -0.2) is 9.97 Å². The smallest absolute Gasteiger partial charge is 0.150 e. The zero-order valence-electron chi connectivity index (χ0n) is 12.5. The molecule has 5 heteroatoms. The Hall–Kier alpha value is -3.21. The van der Waals surface area contributed by atoms with Crippen LogP contribution >= 0.6 is 0 Å². The van der Waals surface area contributed by atoms with E-state index < -0.39 is 0 Å². The summed E-state index contributed by atoms with van der Waals surface area (Å²) in [5.41, 5.74) is 4.49. The summed E-state index contributed by atoms with van der Waals surface area (Å²) < 4.78 is 4.05. The molecule has 0 atom stereocenters. The van der Waals surface area contributed by atoms with E-state index in [4.69, 9.17) is 0 Å². The first-order chi connectivity index (χ1) is 11.3. The van der Waals surface area contributed by atoms with E-state index in [2.05, 4.69) is 20.6 Å². The maximum absolute atomic E-state index is 10.9. The SMILES string of the molecule is Cc1nc2cc(C=O)ccc2n1-c1cccc(-n2ccnc2)c1. The lowest BCUT2D eigenvalue weighted by molar-refractivity contribution is 0.112. The van der Waals surface area contributed by atoms with Crippen molar-refractivity contribution in [2.75, 3.05) is 0 Å². The Bertz CT molecular complexity index is 999. The minimum atomic E-state index is 0.634. The van der Waals surface area contributed by atoms with Crippen LogP contribution < -0.4 is 0 Å². The average molecular weight is 302 g/mol. The highest BCUT2D eigenvalue weighted by Gasteiger charge is 2.10. The maximum Gasteiger partial charge on any atom is 0.150 e. The van der Waals surface area contributed by atoms with Crippen LogP contribution in [0.4, 0.5) is 0 Å². The van der Waals surface area contributed by atoms with Gasteiger partial charge in [-0.1, -0.05) is 6.07 Å². The fourth-order valence-corrected chi connectivity index (χ4v) is 2.82. The van der Waals surface area contributed by atoms with E-state index in [9.17, 15) is 4.79 Å². The summed E-state index contributed by atoms with van der Waals surface area (Å²) in [6.07, 6.45) is 6.28. The minimum Gasteiger partial charge on any atom is -0.306 e. The number of aromatic nitrogens is 4. The number of carbonyl (C=O) groups excluding carboxylic acids is 1. The molecule has 0 spiro atoms. The molecule has 0 aliphatic rings. The Kier molecular flexibility index (Phi) is 3.05. The van der Waals surface area contributed by atoms with Gasteiger partial charge in [0.05, 0.1) is 17.4 Å². The number of carbonyl (C=O) groups is 1. The van der Waals surface area contributed by atoms with Crippen molar-refractivity contribution >= 4 is 17.3 Å². The summed E-state index contributed by atoms with van der Waals surface area (Å²) in [5, 5.41) is 0. The second-order valence-corrected chi connectivity index (χ2v) is 5.35. The predicted molar refractivity (Wildman–Crippen MR) is 88.3 cm³/mol. The monoisotopic (exact) mass is 302 g/mol. The highest BCUT2D eigenvalue weighted by Crippen LogP contribution is 2.23. The number of hydrogen-bond donors (Lipinski definition) is 0. The first kappa shape index (κ1) is 13.5. The fourth-order valence-electron chi connectivity index (χ4n) is 2.82. The number of aryl methyl sites for hydroxylation is 1. The third kappa shape index (κ3) is 2.23. The quantitative estimate of drug-likeness (QED) is 0.545. The molecular formula is C18H14N4O. The first-order valence-corrected chi connectivity index (χ1v) is 7.29. The molecule has 0 aliphatic carbocycles. The molecule has 0 saturated heterocycles. The molecule has 0 N–H and O–H groups in total. The molecule has 0 saturated carbocycles. The zero-order chi connectivity index (χ0) is 15.8. The molecule has 23 heavy (non-hydrogen) atoms. The van der Waals surface area contributed by atoms with Crippen molar-refractivity contribution in [2.24, 2.45) is 0 Å². The molecule has 5 nitrogen and oxygen atoms in total. The molecule has 2 aromatic heterocycles. The fraction of sp³-hybridized carbons (Fsp3) is 0.0556.